The van der Waals surface area contributed by atoms with Crippen molar-refractivity contribution < 1.29 is 4.74 Å². The number of hydrogen-bond acceptors (Lipinski definition) is 4. The van der Waals surface area contributed by atoms with E-state index in [9.17, 15) is 0 Å². The van der Waals surface area contributed by atoms with Crippen LogP contribution >= 0.6 is 12.4 Å². The van der Waals surface area contributed by atoms with Crippen LogP contribution < -0.4 is 10.9 Å². The molecule has 2 aromatic rings. The summed E-state index contributed by atoms with van der Waals surface area (Å²) in [6, 6.07) is 8.07. The lowest BCUT2D eigenvalue weighted by Crippen LogP contribution is -2.04. The minimum Gasteiger partial charge on any atom is -0.494 e. The molecule has 0 aliphatic carbocycles. The second-order valence-corrected chi connectivity index (χ2v) is 3.68. The van der Waals surface area contributed by atoms with Crippen molar-refractivity contribution in [1.82, 2.24) is 20.9 Å². The van der Waals surface area contributed by atoms with E-state index in [-0.39, 0.29) is 18.6 Å². The van der Waals surface area contributed by atoms with Crippen molar-refractivity contribution >= 4 is 12.4 Å². The van der Waals surface area contributed by atoms with Gasteiger partial charge in [0.25, 0.3) is 0 Å². The smallest absolute Gasteiger partial charge is 0.137 e. The second kappa shape index (κ2) is 8.49. The Morgan fingerprint density at radius 1 is 1.33 bits per heavy atom. The summed E-state index contributed by atoms with van der Waals surface area (Å²) in [7, 11) is 0. The summed E-state index contributed by atoms with van der Waals surface area (Å²) in [5.74, 6) is 0.929. The second-order valence-electron chi connectivity index (χ2n) is 3.68. The maximum Gasteiger partial charge on any atom is 0.137 e. The standard InChI is InChI=1S/C12H15N3O.ClH.H3N/c1-11-4-2-5-12(8-11)16-7-3-6-15-10-13-9-14-15;;/h2,4-5,8-10H,3,6-7H2,1H3;1H;1H3. The molecule has 5 nitrogen and oxygen atoms in total. The molecule has 0 saturated heterocycles. The van der Waals surface area contributed by atoms with E-state index in [1.165, 1.54) is 5.56 Å². The Hall–Kier alpha value is -1.59. The van der Waals surface area contributed by atoms with Gasteiger partial charge in [-0.3, -0.25) is 4.68 Å². The van der Waals surface area contributed by atoms with Crippen molar-refractivity contribution in [1.29, 1.82) is 0 Å². The summed E-state index contributed by atoms with van der Waals surface area (Å²) >= 11 is 0. The van der Waals surface area contributed by atoms with E-state index in [1.54, 1.807) is 17.3 Å². The molecule has 6 heteroatoms. The summed E-state index contributed by atoms with van der Waals surface area (Å²) in [6.07, 6.45) is 4.19. The molecule has 1 aromatic heterocycles. The molecule has 0 amide bonds. The Morgan fingerprint density at radius 3 is 2.83 bits per heavy atom. The minimum atomic E-state index is 0. The first kappa shape index (κ1) is 16.4. The quantitative estimate of drug-likeness (QED) is 0.848. The molecule has 3 N–H and O–H groups in total. The molecule has 100 valence electrons. The summed E-state index contributed by atoms with van der Waals surface area (Å²) in [5.41, 5.74) is 1.22. The zero-order valence-corrected chi connectivity index (χ0v) is 11.3. The number of nitrogens with zero attached hydrogens (tertiary/aromatic N) is 3. The van der Waals surface area contributed by atoms with E-state index < -0.39 is 0 Å². The van der Waals surface area contributed by atoms with Crippen LogP contribution in [0.15, 0.2) is 36.9 Å². The molecule has 0 atom stereocenters. The van der Waals surface area contributed by atoms with Crippen LogP contribution in [0, 0.1) is 6.92 Å². The first-order valence-corrected chi connectivity index (χ1v) is 5.36. The number of aromatic nitrogens is 3. The number of ether oxygens (including phenoxy) is 1. The number of halogens is 1. The van der Waals surface area contributed by atoms with Crippen LogP contribution in [-0.2, 0) is 6.54 Å². The van der Waals surface area contributed by atoms with Gasteiger partial charge < -0.3 is 10.9 Å². The Labute approximate surface area is 113 Å². The summed E-state index contributed by atoms with van der Waals surface area (Å²) < 4.78 is 7.43. The molecule has 0 aliphatic heterocycles. The zero-order valence-electron chi connectivity index (χ0n) is 10.5. The molecule has 0 spiro atoms. The highest BCUT2D eigenvalue weighted by atomic mass is 35.5. The van der Waals surface area contributed by atoms with Crippen LogP contribution in [0.1, 0.15) is 12.0 Å². The van der Waals surface area contributed by atoms with Crippen molar-refractivity contribution in [2.24, 2.45) is 0 Å². The van der Waals surface area contributed by atoms with E-state index in [0.29, 0.717) is 6.61 Å². The summed E-state index contributed by atoms with van der Waals surface area (Å²) in [6.45, 7) is 3.59. The van der Waals surface area contributed by atoms with Gasteiger partial charge in [-0.1, -0.05) is 12.1 Å². The first-order chi connectivity index (χ1) is 7.84. The normalized spacial score (nSPS) is 9.17. The lowest BCUT2D eigenvalue weighted by molar-refractivity contribution is 0.298. The Balaban J connectivity index is 0.00000144. The van der Waals surface area contributed by atoms with Crippen LogP contribution in [0.3, 0.4) is 0 Å². The Morgan fingerprint density at radius 2 is 2.17 bits per heavy atom. The van der Waals surface area contributed by atoms with Gasteiger partial charge in [0.1, 0.15) is 18.4 Å². The largest absolute Gasteiger partial charge is 0.494 e. The van der Waals surface area contributed by atoms with Gasteiger partial charge in [-0.25, -0.2) is 4.98 Å². The van der Waals surface area contributed by atoms with E-state index in [4.69, 9.17) is 4.74 Å². The lowest BCUT2D eigenvalue weighted by atomic mass is 10.2. The highest BCUT2D eigenvalue weighted by Crippen LogP contribution is 2.12. The lowest BCUT2D eigenvalue weighted by Gasteiger charge is -2.06. The predicted molar refractivity (Wildman–Crippen MR) is 73.6 cm³/mol. The number of benzene rings is 1. The zero-order chi connectivity index (χ0) is 11.2. The Kier molecular flexibility index (Phi) is 7.74. The van der Waals surface area contributed by atoms with Gasteiger partial charge in [0.2, 0.25) is 0 Å². The molecule has 0 aliphatic rings. The number of hydrogen-bond donors (Lipinski definition) is 1. The van der Waals surface area contributed by atoms with Gasteiger partial charge in [0, 0.05) is 13.0 Å². The van der Waals surface area contributed by atoms with Crippen LogP contribution in [0.2, 0.25) is 0 Å². The fourth-order valence-corrected chi connectivity index (χ4v) is 1.47. The molecule has 0 unspecified atom stereocenters. The van der Waals surface area contributed by atoms with E-state index >= 15 is 0 Å². The fraction of sp³-hybridized carbons (Fsp3) is 0.333. The maximum atomic E-state index is 5.62. The van der Waals surface area contributed by atoms with Crippen molar-refractivity contribution in [3.63, 3.8) is 0 Å². The van der Waals surface area contributed by atoms with Gasteiger partial charge in [-0.2, -0.15) is 5.10 Å². The topological polar surface area (TPSA) is 74.9 Å². The molecule has 0 fully saturated rings. The monoisotopic (exact) mass is 270 g/mol. The molecule has 18 heavy (non-hydrogen) atoms. The Bertz CT molecular complexity index is 433. The van der Waals surface area contributed by atoms with E-state index in [1.807, 2.05) is 18.2 Å². The van der Waals surface area contributed by atoms with Crippen molar-refractivity contribution in [2.75, 3.05) is 6.61 Å². The third-order valence-electron chi connectivity index (χ3n) is 2.26. The van der Waals surface area contributed by atoms with Gasteiger partial charge in [-0.05, 0) is 24.6 Å². The van der Waals surface area contributed by atoms with E-state index in [2.05, 4.69) is 23.1 Å². The third kappa shape index (κ3) is 5.16. The first-order valence-electron chi connectivity index (χ1n) is 5.36. The van der Waals surface area contributed by atoms with Crippen LogP contribution in [0.5, 0.6) is 5.75 Å². The van der Waals surface area contributed by atoms with E-state index in [0.717, 1.165) is 18.7 Å². The number of rotatable bonds is 5. The predicted octanol–water partition coefficient (Wildman–Crippen LogP) is 2.64. The highest BCUT2D eigenvalue weighted by molar-refractivity contribution is 5.85. The van der Waals surface area contributed by atoms with Crippen LogP contribution in [0.25, 0.3) is 0 Å². The number of aryl methyl sites for hydroxylation is 2. The molecular formula is C12H19ClN4O. The third-order valence-corrected chi connectivity index (χ3v) is 2.26. The van der Waals surface area contributed by atoms with Crippen molar-refractivity contribution in [2.45, 2.75) is 19.9 Å². The molecule has 1 aromatic carbocycles. The molecular weight excluding hydrogens is 252 g/mol. The molecule has 0 radical (unpaired) electrons. The van der Waals surface area contributed by atoms with Crippen LogP contribution in [-0.4, -0.2) is 21.4 Å². The molecule has 1 heterocycles. The fourth-order valence-electron chi connectivity index (χ4n) is 1.47. The molecule has 0 saturated carbocycles. The van der Waals surface area contributed by atoms with Gasteiger partial charge in [0.15, 0.2) is 0 Å². The van der Waals surface area contributed by atoms with Gasteiger partial charge in [0.05, 0.1) is 6.61 Å². The average Bonchev–Trinajstić information content (AvgIpc) is 2.77. The SMILES string of the molecule is Cc1cccc(OCCCn2cncn2)c1.Cl.N. The average molecular weight is 271 g/mol. The molecule has 0 bridgehead atoms. The van der Waals surface area contributed by atoms with Gasteiger partial charge in [-0.15, -0.1) is 12.4 Å². The summed E-state index contributed by atoms with van der Waals surface area (Å²) in [4.78, 5) is 3.88. The minimum absolute atomic E-state index is 0. The van der Waals surface area contributed by atoms with Crippen LogP contribution in [0.4, 0.5) is 0 Å². The summed E-state index contributed by atoms with van der Waals surface area (Å²) in [5, 5.41) is 4.02. The highest BCUT2D eigenvalue weighted by Gasteiger charge is 1.95. The van der Waals surface area contributed by atoms with Gasteiger partial charge >= 0.3 is 0 Å². The molecule has 2 rings (SSSR count). The van der Waals surface area contributed by atoms with Crippen molar-refractivity contribution in [3.05, 3.63) is 42.5 Å². The maximum absolute atomic E-state index is 5.62. The van der Waals surface area contributed by atoms with Crippen molar-refractivity contribution in [3.8, 4) is 5.75 Å².